The van der Waals surface area contributed by atoms with Crippen LogP contribution in [0.1, 0.15) is 16.5 Å². The van der Waals surface area contributed by atoms with Gasteiger partial charge in [-0.05, 0) is 29.1 Å². The van der Waals surface area contributed by atoms with E-state index in [0.29, 0.717) is 19.5 Å². The fourth-order valence-corrected chi connectivity index (χ4v) is 3.37. The number of thiophene rings is 1. The highest BCUT2D eigenvalue weighted by molar-refractivity contribution is 7.10. The zero-order valence-electron chi connectivity index (χ0n) is 12.0. The lowest BCUT2D eigenvalue weighted by Gasteiger charge is -2.36. The lowest BCUT2D eigenvalue weighted by molar-refractivity contribution is -0.133. The molecule has 1 amide bonds. The number of rotatable bonds is 3. The van der Waals surface area contributed by atoms with Gasteiger partial charge in [0.05, 0.1) is 12.5 Å². The van der Waals surface area contributed by atoms with Crippen molar-refractivity contribution in [2.45, 2.75) is 12.5 Å². The van der Waals surface area contributed by atoms with Crippen LogP contribution in [0.3, 0.4) is 0 Å². The summed E-state index contributed by atoms with van der Waals surface area (Å²) in [5.74, 6) is -0.156. The summed E-state index contributed by atoms with van der Waals surface area (Å²) < 4.78 is 13.4. The molecule has 118 valence electrons. The summed E-state index contributed by atoms with van der Waals surface area (Å²) in [6, 6.07) is 10.4. The molecule has 0 saturated carbocycles. The van der Waals surface area contributed by atoms with E-state index in [1.165, 1.54) is 12.1 Å². The summed E-state index contributed by atoms with van der Waals surface area (Å²) >= 11 is 1.59. The van der Waals surface area contributed by atoms with Crippen molar-refractivity contribution >= 4 is 29.7 Å². The molecule has 2 aromatic rings. The second-order valence-corrected chi connectivity index (χ2v) is 6.15. The molecule has 1 aromatic heterocycles. The van der Waals surface area contributed by atoms with Gasteiger partial charge in [-0.3, -0.25) is 4.79 Å². The van der Waals surface area contributed by atoms with Crippen molar-refractivity contribution in [2.24, 2.45) is 0 Å². The molecule has 0 radical (unpaired) electrons. The van der Waals surface area contributed by atoms with Crippen molar-refractivity contribution in [2.75, 3.05) is 19.6 Å². The van der Waals surface area contributed by atoms with Crippen LogP contribution in [0.5, 0.6) is 0 Å². The fraction of sp³-hybridized carbons (Fsp3) is 0.312. The molecule has 1 atom stereocenters. The molecule has 1 fully saturated rings. The summed E-state index contributed by atoms with van der Waals surface area (Å²) in [5.41, 5.74) is 0.849. The Morgan fingerprint density at radius 2 is 2.23 bits per heavy atom. The van der Waals surface area contributed by atoms with Crippen LogP contribution < -0.4 is 5.32 Å². The topological polar surface area (TPSA) is 32.3 Å². The normalized spacial score (nSPS) is 17.9. The second-order valence-electron chi connectivity index (χ2n) is 5.12. The minimum atomic E-state index is -0.260. The van der Waals surface area contributed by atoms with E-state index < -0.39 is 0 Å². The Morgan fingerprint density at radius 3 is 2.95 bits per heavy atom. The van der Waals surface area contributed by atoms with Crippen molar-refractivity contribution in [3.63, 3.8) is 0 Å². The second kappa shape index (κ2) is 7.72. The SMILES string of the molecule is Cl.O=C(Cc1cccs1)N1CCNCC1c1cccc(F)c1. The lowest BCUT2D eigenvalue weighted by Crippen LogP contribution is -2.49. The molecule has 1 saturated heterocycles. The molecule has 1 unspecified atom stereocenters. The molecular formula is C16H18ClFN2OS. The van der Waals surface area contributed by atoms with Crippen LogP contribution in [0.4, 0.5) is 4.39 Å². The van der Waals surface area contributed by atoms with Gasteiger partial charge in [-0.25, -0.2) is 4.39 Å². The number of carbonyl (C=O) groups is 1. The van der Waals surface area contributed by atoms with E-state index in [1.54, 1.807) is 17.4 Å². The van der Waals surface area contributed by atoms with Gasteiger partial charge in [0, 0.05) is 24.5 Å². The molecule has 3 rings (SSSR count). The van der Waals surface area contributed by atoms with Crippen molar-refractivity contribution in [3.05, 3.63) is 58.0 Å². The highest BCUT2D eigenvalue weighted by Crippen LogP contribution is 2.24. The third-order valence-corrected chi connectivity index (χ3v) is 4.58. The average Bonchev–Trinajstić information content (AvgIpc) is 3.00. The zero-order valence-corrected chi connectivity index (χ0v) is 13.6. The molecule has 6 heteroatoms. The third kappa shape index (κ3) is 3.85. The van der Waals surface area contributed by atoms with Crippen LogP contribution in [0.25, 0.3) is 0 Å². The Morgan fingerprint density at radius 1 is 1.36 bits per heavy atom. The molecule has 3 nitrogen and oxygen atoms in total. The zero-order chi connectivity index (χ0) is 14.7. The minimum absolute atomic E-state index is 0. The van der Waals surface area contributed by atoms with Gasteiger partial charge in [0.1, 0.15) is 5.82 Å². The van der Waals surface area contributed by atoms with Crippen molar-refractivity contribution in [3.8, 4) is 0 Å². The highest BCUT2D eigenvalue weighted by Gasteiger charge is 2.28. The first kappa shape index (κ1) is 16.9. The Kier molecular flexibility index (Phi) is 5.94. The predicted molar refractivity (Wildman–Crippen MR) is 89.0 cm³/mol. The number of carbonyl (C=O) groups excluding carboxylic acids is 1. The predicted octanol–water partition coefficient (Wildman–Crippen LogP) is 3.02. The molecular weight excluding hydrogens is 323 g/mol. The number of nitrogens with zero attached hydrogens (tertiary/aromatic N) is 1. The molecule has 1 aliphatic rings. The largest absolute Gasteiger partial charge is 0.333 e. The van der Waals surface area contributed by atoms with Gasteiger partial charge < -0.3 is 10.2 Å². The fourth-order valence-electron chi connectivity index (χ4n) is 2.68. The molecule has 0 spiro atoms. The van der Waals surface area contributed by atoms with Crippen LogP contribution in [0.2, 0.25) is 0 Å². The Hall–Kier alpha value is -1.43. The van der Waals surface area contributed by atoms with Crippen molar-refractivity contribution in [1.29, 1.82) is 0 Å². The monoisotopic (exact) mass is 340 g/mol. The number of benzene rings is 1. The van der Waals surface area contributed by atoms with E-state index in [9.17, 15) is 9.18 Å². The Bertz CT molecular complexity index is 620. The van der Waals surface area contributed by atoms with E-state index in [2.05, 4.69) is 5.32 Å². The quantitative estimate of drug-likeness (QED) is 0.931. The van der Waals surface area contributed by atoms with Gasteiger partial charge in [0.2, 0.25) is 5.91 Å². The van der Waals surface area contributed by atoms with Crippen LogP contribution >= 0.6 is 23.7 Å². The van der Waals surface area contributed by atoms with E-state index in [4.69, 9.17) is 0 Å². The minimum Gasteiger partial charge on any atom is -0.333 e. The van der Waals surface area contributed by atoms with Gasteiger partial charge in [-0.1, -0.05) is 18.2 Å². The van der Waals surface area contributed by atoms with Gasteiger partial charge in [0.15, 0.2) is 0 Å². The summed E-state index contributed by atoms with van der Waals surface area (Å²) in [5, 5.41) is 5.26. The van der Waals surface area contributed by atoms with E-state index in [-0.39, 0.29) is 30.2 Å². The van der Waals surface area contributed by atoms with Gasteiger partial charge in [-0.15, -0.1) is 23.7 Å². The number of piperazine rings is 1. The molecule has 22 heavy (non-hydrogen) atoms. The van der Waals surface area contributed by atoms with Gasteiger partial charge in [-0.2, -0.15) is 0 Å². The van der Waals surface area contributed by atoms with Gasteiger partial charge in [0.25, 0.3) is 0 Å². The standard InChI is InChI=1S/C16H17FN2OS.ClH/c17-13-4-1-3-12(9-13)15-11-18-6-7-19(15)16(20)10-14-5-2-8-21-14;/h1-5,8-9,15,18H,6-7,10-11H2;1H. The van der Waals surface area contributed by atoms with Crippen molar-refractivity contribution in [1.82, 2.24) is 10.2 Å². The Labute approximate surface area is 139 Å². The van der Waals surface area contributed by atoms with Crippen LogP contribution in [-0.4, -0.2) is 30.4 Å². The maximum Gasteiger partial charge on any atom is 0.228 e. The summed E-state index contributed by atoms with van der Waals surface area (Å²) in [7, 11) is 0. The van der Waals surface area contributed by atoms with Crippen LogP contribution in [0, 0.1) is 5.82 Å². The molecule has 0 bridgehead atoms. The number of hydrogen-bond donors (Lipinski definition) is 1. The summed E-state index contributed by atoms with van der Waals surface area (Å²) in [6.45, 7) is 2.10. The number of halogens is 2. The first-order chi connectivity index (χ1) is 10.2. The molecule has 1 aliphatic heterocycles. The van der Waals surface area contributed by atoms with Crippen LogP contribution in [0.15, 0.2) is 41.8 Å². The first-order valence-electron chi connectivity index (χ1n) is 7.02. The number of nitrogens with one attached hydrogen (secondary N) is 1. The molecule has 2 heterocycles. The van der Waals surface area contributed by atoms with Crippen LogP contribution in [-0.2, 0) is 11.2 Å². The number of amides is 1. The highest BCUT2D eigenvalue weighted by atomic mass is 35.5. The van der Waals surface area contributed by atoms with Gasteiger partial charge >= 0.3 is 0 Å². The summed E-state index contributed by atoms with van der Waals surface area (Å²) in [6.07, 6.45) is 0.420. The van der Waals surface area contributed by atoms with E-state index in [0.717, 1.165) is 17.0 Å². The van der Waals surface area contributed by atoms with E-state index >= 15 is 0 Å². The molecule has 1 aromatic carbocycles. The van der Waals surface area contributed by atoms with Crippen molar-refractivity contribution < 1.29 is 9.18 Å². The maximum atomic E-state index is 13.4. The molecule has 0 aliphatic carbocycles. The smallest absolute Gasteiger partial charge is 0.228 e. The summed E-state index contributed by atoms with van der Waals surface area (Å²) in [4.78, 5) is 15.5. The first-order valence-corrected chi connectivity index (χ1v) is 7.90. The maximum absolute atomic E-state index is 13.4. The lowest BCUT2D eigenvalue weighted by atomic mass is 10.0. The molecule has 1 N–H and O–H groups in total. The Balaban J connectivity index is 0.00000176. The van der Waals surface area contributed by atoms with E-state index in [1.807, 2.05) is 28.5 Å². The number of hydrogen-bond acceptors (Lipinski definition) is 3. The third-order valence-electron chi connectivity index (χ3n) is 3.70. The average molecular weight is 341 g/mol.